The molecule has 4 heteroatoms. The minimum absolute atomic E-state index is 0.0292. The summed E-state index contributed by atoms with van der Waals surface area (Å²) in [4.78, 5) is 10.7. The Kier molecular flexibility index (Phi) is 5.12. The second-order valence-electron chi connectivity index (χ2n) is 2.81. The maximum Gasteiger partial charge on any atom is 0.146 e. The Morgan fingerprint density at radius 2 is 2.25 bits per heavy atom. The van der Waals surface area contributed by atoms with Gasteiger partial charge in [-0.1, -0.05) is 6.58 Å². The molecule has 0 amide bonds. The summed E-state index contributed by atoms with van der Waals surface area (Å²) < 4.78 is 0. The maximum absolute atomic E-state index is 10.7. The SMILES string of the molecule is C=C(N)NCCC[C@H](N)C(C)=O. The van der Waals surface area contributed by atoms with E-state index in [-0.39, 0.29) is 11.8 Å². The molecule has 0 fully saturated rings. The molecule has 0 aliphatic carbocycles. The van der Waals surface area contributed by atoms with Gasteiger partial charge < -0.3 is 16.8 Å². The molecule has 0 aromatic heterocycles. The van der Waals surface area contributed by atoms with Gasteiger partial charge in [0.15, 0.2) is 0 Å². The van der Waals surface area contributed by atoms with Crippen molar-refractivity contribution in [3.8, 4) is 0 Å². The molecule has 0 spiro atoms. The van der Waals surface area contributed by atoms with Crippen LogP contribution < -0.4 is 16.8 Å². The first-order chi connectivity index (χ1) is 5.54. The average Bonchev–Trinajstić information content (AvgIpc) is 1.97. The van der Waals surface area contributed by atoms with Crippen LogP contribution in [0.4, 0.5) is 0 Å². The number of hydrogen-bond acceptors (Lipinski definition) is 4. The van der Waals surface area contributed by atoms with E-state index in [0.717, 1.165) is 13.0 Å². The third kappa shape index (κ3) is 5.73. The zero-order chi connectivity index (χ0) is 9.56. The van der Waals surface area contributed by atoms with Crippen molar-refractivity contribution in [2.24, 2.45) is 11.5 Å². The number of rotatable bonds is 6. The molecule has 70 valence electrons. The van der Waals surface area contributed by atoms with E-state index in [9.17, 15) is 4.79 Å². The summed E-state index contributed by atoms with van der Waals surface area (Å²) in [6.07, 6.45) is 1.52. The maximum atomic E-state index is 10.7. The second kappa shape index (κ2) is 5.60. The fourth-order valence-electron chi connectivity index (χ4n) is 0.774. The van der Waals surface area contributed by atoms with Gasteiger partial charge in [0.25, 0.3) is 0 Å². The lowest BCUT2D eigenvalue weighted by atomic mass is 10.1. The predicted molar refractivity (Wildman–Crippen MR) is 49.2 cm³/mol. The van der Waals surface area contributed by atoms with E-state index >= 15 is 0 Å². The summed E-state index contributed by atoms with van der Waals surface area (Å²) in [5, 5.41) is 2.86. The van der Waals surface area contributed by atoms with Crippen molar-refractivity contribution in [1.29, 1.82) is 0 Å². The summed E-state index contributed by atoms with van der Waals surface area (Å²) in [5.41, 5.74) is 10.8. The smallest absolute Gasteiger partial charge is 0.146 e. The molecule has 1 atom stereocenters. The van der Waals surface area contributed by atoms with Gasteiger partial charge in [0.1, 0.15) is 5.78 Å². The van der Waals surface area contributed by atoms with Crippen LogP contribution >= 0.6 is 0 Å². The van der Waals surface area contributed by atoms with Crippen LogP contribution in [0.25, 0.3) is 0 Å². The quantitative estimate of drug-likeness (QED) is 0.479. The van der Waals surface area contributed by atoms with Crippen molar-refractivity contribution in [3.05, 3.63) is 12.4 Å². The van der Waals surface area contributed by atoms with Crippen LogP contribution in [0.1, 0.15) is 19.8 Å². The number of nitrogens with two attached hydrogens (primary N) is 2. The molecule has 0 saturated heterocycles. The summed E-state index contributed by atoms with van der Waals surface area (Å²) >= 11 is 0. The van der Waals surface area contributed by atoms with Gasteiger partial charge in [-0.25, -0.2) is 0 Å². The molecule has 0 rings (SSSR count). The Balaban J connectivity index is 3.31. The lowest BCUT2D eigenvalue weighted by Gasteiger charge is -2.08. The van der Waals surface area contributed by atoms with Gasteiger partial charge in [-0.3, -0.25) is 4.79 Å². The van der Waals surface area contributed by atoms with Crippen LogP contribution in [0.5, 0.6) is 0 Å². The zero-order valence-corrected chi connectivity index (χ0v) is 7.47. The van der Waals surface area contributed by atoms with Gasteiger partial charge in [-0.15, -0.1) is 0 Å². The number of Topliss-reactive ketones (excluding diaryl/α,β-unsaturated/α-hetero) is 1. The summed E-state index contributed by atoms with van der Waals surface area (Å²) in [6, 6.07) is -0.335. The van der Waals surface area contributed by atoms with Crippen molar-refractivity contribution < 1.29 is 4.79 Å². The Morgan fingerprint density at radius 1 is 1.67 bits per heavy atom. The van der Waals surface area contributed by atoms with E-state index in [1.54, 1.807) is 0 Å². The molecule has 0 aromatic carbocycles. The Morgan fingerprint density at radius 3 is 2.67 bits per heavy atom. The Labute approximate surface area is 73.0 Å². The Hall–Kier alpha value is -1.03. The molecule has 0 saturated carbocycles. The normalized spacial score (nSPS) is 12.2. The minimum atomic E-state index is -0.335. The third-order valence-corrected chi connectivity index (χ3v) is 1.57. The van der Waals surface area contributed by atoms with Crippen LogP contribution in [0, 0.1) is 0 Å². The minimum Gasteiger partial charge on any atom is -0.386 e. The highest BCUT2D eigenvalue weighted by atomic mass is 16.1. The fraction of sp³-hybridized carbons (Fsp3) is 0.625. The summed E-state index contributed by atoms with van der Waals surface area (Å²) in [6.45, 7) is 5.69. The van der Waals surface area contributed by atoms with E-state index in [1.807, 2.05) is 0 Å². The largest absolute Gasteiger partial charge is 0.386 e. The van der Waals surface area contributed by atoms with Crippen molar-refractivity contribution in [2.45, 2.75) is 25.8 Å². The predicted octanol–water partition coefficient (Wildman–Crippen LogP) is -0.298. The third-order valence-electron chi connectivity index (χ3n) is 1.57. The number of ketones is 1. The van der Waals surface area contributed by atoms with Crippen molar-refractivity contribution >= 4 is 5.78 Å². The molecule has 4 nitrogen and oxygen atoms in total. The topological polar surface area (TPSA) is 81.1 Å². The molecule has 5 N–H and O–H groups in total. The first kappa shape index (κ1) is 11.0. The van der Waals surface area contributed by atoms with Gasteiger partial charge >= 0.3 is 0 Å². The first-order valence-corrected chi connectivity index (χ1v) is 3.98. The van der Waals surface area contributed by atoms with Gasteiger partial charge in [0.05, 0.1) is 11.9 Å². The molecule has 0 aliphatic heterocycles. The van der Waals surface area contributed by atoms with E-state index in [4.69, 9.17) is 11.5 Å². The zero-order valence-electron chi connectivity index (χ0n) is 7.47. The molecule has 0 unspecified atom stereocenters. The highest BCUT2D eigenvalue weighted by molar-refractivity contribution is 5.80. The second-order valence-corrected chi connectivity index (χ2v) is 2.81. The van der Waals surface area contributed by atoms with Crippen molar-refractivity contribution in [1.82, 2.24) is 5.32 Å². The first-order valence-electron chi connectivity index (χ1n) is 3.98. The van der Waals surface area contributed by atoms with Crippen LogP contribution in [0.3, 0.4) is 0 Å². The van der Waals surface area contributed by atoms with Gasteiger partial charge in [-0.05, 0) is 19.8 Å². The van der Waals surface area contributed by atoms with Crippen LogP contribution in [0.15, 0.2) is 12.4 Å². The van der Waals surface area contributed by atoms with Gasteiger partial charge in [0.2, 0.25) is 0 Å². The molecular weight excluding hydrogens is 154 g/mol. The average molecular weight is 171 g/mol. The van der Waals surface area contributed by atoms with Crippen LogP contribution in [0.2, 0.25) is 0 Å². The fourth-order valence-corrected chi connectivity index (χ4v) is 0.774. The van der Waals surface area contributed by atoms with E-state index in [2.05, 4.69) is 11.9 Å². The highest BCUT2D eigenvalue weighted by Gasteiger charge is 2.06. The number of carbonyl (C=O) groups excluding carboxylic acids is 1. The van der Waals surface area contributed by atoms with Gasteiger partial charge in [-0.2, -0.15) is 0 Å². The molecule has 0 aliphatic rings. The van der Waals surface area contributed by atoms with Crippen LogP contribution in [-0.4, -0.2) is 18.4 Å². The molecule has 0 bridgehead atoms. The molecule has 0 radical (unpaired) electrons. The number of hydrogen-bond donors (Lipinski definition) is 3. The molecular formula is C8H17N3O. The number of carbonyl (C=O) groups is 1. The Bertz CT molecular complexity index is 168. The molecule has 12 heavy (non-hydrogen) atoms. The molecule has 0 aromatic rings. The monoisotopic (exact) mass is 171 g/mol. The summed E-state index contributed by atoms with van der Waals surface area (Å²) in [7, 11) is 0. The van der Waals surface area contributed by atoms with Crippen molar-refractivity contribution in [2.75, 3.05) is 6.54 Å². The van der Waals surface area contributed by atoms with Crippen molar-refractivity contribution in [3.63, 3.8) is 0 Å². The van der Waals surface area contributed by atoms with Gasteiger partial charge in [0, 0.05) is 6.54 Å². The van der Waals surface area contributed by atoms with Crippen LogP contribution in [-0.2, 0) is 4.79 Å². The van der Waals surface area contributed by atoms with E-state index in [0.29, 0.717) is 12.2 Å². The number of nitrogens with one attached hydrogen (secondary N) is 1. The lowest BCUT2D eigenvalue weighted by Crippen LogP contribution is -2.29. The van der Waals surface area contributed by atoms with E-state index < -0.39 is 0 Å². The molecule has 0 heterocycles. The highest BCUT2D eigenvalue weighted by Crippen LogP contribution is 1.94. The lowest BCUT2D eigenvalue weighted by molar-refractivity contribution is -0.118. The standard InChI is InChI=1S/C8H17N3O/c1-6(12)8(10)4-3-5-11-7(2)9/h8,11H,2-5,9-10H2,1H3/t8-/m0/s1. The summed E-state index contributed by atoms with van der Waals surface area (Å²) in [5.74, 6) is 0.480. The van der Waals surface area contributed by atoms with E-state index in [1.165, 1.54) is 6.92 Å².